The fourth-order valence-corrected chi connectivity index (χ4v) is 3.28. The van der Waals surface area contributed by atoms with Crippen LogP contribution in [0.1, 0.15) is 0 Å². The number of halogens is 2. The molecule has 0 saturated heterocycles. The van der Waals surface area contributed by atoms with Gasteiger partial charge in [0.25, 0.3) is 10.7 Å². The number of anilines is 4. The molecule has 2 aromatic carbocycles. The molecule has 2 heterocycles. The maximum atomic E-state index is 12.6. The molecular weight excluding hydrogens is 445 g/mol. The lowest BCUT2D eigenvalue weighted by atomic mass is 10.2. The second-order valence-corrected chi connectivity index (χ2v) is 7.65. The van der Waals surface area contributed by atoms with E-state index in [9.17, 15) is 4.79 Å². The Kier molecular flexibility index (Phi) is 6.03. The predicted molar refractivity (Wildman–Crippen MR) is 121 cm³/mol. The molecule has 0 atom stereocenters. The number of hydrogen-bond acceptors (Lipinski definition) is 8. The van der Waals surface area contributed by atoms with Gasteiger partial charge in [0.15, 0.2) is 5.69 Å². The number of aromatic amines is 1. The van der Waals surface area contributed by atoms with E-state index in [1.165, 1.54) is 16.8 Å². The summed E-state index contributed by atoms with van der Waals surface area (Å²) in [4.78, 5) is 15.3. The second kappa shape index (κ2) is 9.04. The number of nitrogens with one attached hydrogen (secondary N) is 3. The van der Waals surface area contributed by atoms with E-state index in [0.717, 1.165) is 5.69 Å². The summed E-state index contributed by atoms with van der Waals surface area (Å²) in [5, 5.41) is 23.3. The van der Waals surface area contributed by atoms with Crippen molar-refractivity contribution in [3.8, 4) is 0 Å². The van der Waals surface area contributed by atoms with Crippen molar-refractivity contribution in [2.45, 2.75) is 0 Å². The van der Waals surface area contributed by atoms with Crippen molar-refractivity contribution < 1.29 is 0 Å². The van der Waals surface area contributed by atoms with E-state index in [-0.39, 0.29) is 5.69 Å². The molecule has 4 rings (SSSR count). The van der Waals surface area contributed by atoms with Gasteiger partial charge in [0.2, 0.25) is 0 Å². The highest BCUT2D eigenvalue weighted by atomic mass is 35.5. The van der Waals surface area contributed by atoms with Gasteiger partial charge in [0.05, 0.1) is 5.69 Å². The summed E-state index contributed by atoms with van der Waals surface area (Å²) in [6.45, 7) is 0. The Labute approximate surface area is 184 Å². The number of nitrogens with zero attached hydrogens (tertiary/aromatic N) is 4. The van der Waals surface area contributed by atoms with E-state index < -0.39 is 5.56 Å². The fourth-order valence-electron chi connectivity index (χ4n) is 2.53. The molecule has 0 bridgehead atoms. The molecule has 8 nitrogen and oxygen atoms in total. The third kappa shape index (κ3) is 5.01. The molecular formula is C19H13Cl2N7OS. The molecule has 0 aliphatic heterocycles. The van der Waals surface area contributed by atoms with Gasteiger partial charge in [-0.15, -0.1) is 20.4 Å². The van der Waals surface area contributed by atoms with Crippen LogP contribution < -0.4 is 16.2 Å². The number of rotatable bonds is 6. The van der Waals surface area contributed by atoms with Crippen LogP contribution in [0.25, 0.3) is 0 Å². The van der Waals surface area contributed by atoms with Gasteiger partial charge in [-0.1, -0.05) is 46.7 Å². The van der Waals surface area contributed by atoms with E-state index >= 15 is 0 Å². The summed E-state index contributed by atoms with van der Waals surface area (Å²) in [6, 6.07) is 15.9. The van der Waals surface area contributed by atoms with Crippen LogP contribution in [0.3, 0.4) is 0 Å². The van der Waals surface area contributed by atoms with Crippen LogP contribution in [0.4, 0.5) is 33.7 Å². The molecule has 3 N–H and O–H groups in total. The Bertz CT molecular complexity index is 1260. The van der Waals surface area contributed by atoms with Crippen LogP contribution in [-0.2, 0) is 0 Å². The summed E-state index contributed by atoms with van der Waals surface area (Å²) < 4.78 is 0. The first kappa shape index (κ1) is 20.0. The van der Waals surface area contributed by atoms with E-state index in [2.05, 4.69) is 36.0 Å². The normalized spacial score (nSPS) is 11.0. The number of pyridine rings is 1. The van der Waals surface area contributed by atoms with Gasteiger partial charge in [-0.25, -0.2) is 0 Å². The standard InChI is InChI=1S/C19H13Cl2N7OS/c20-11-3-1-5-13(7-11)23-15-9-16(26-28-19-27-22-10-30-19)18(29)25-17(15)24-14-6-2-4-12(21)8-14/h1-10,23H,(H2,24,25,29). The highest BCUT2D eigenvalue weighted by molar-refractivity contribution is 7.13. The summed E-state index contributed by atoms with van der Waals surface area (Å²) in [5.74, 6) is 0.428. The number of azo groups is 1. The predicted octanol–water partition coefficient (Wildman–Crippen LogP) is 6.44. The van der Waals surface area contributed by atoms with Gasteiger partial charge < -0.3 is 15.6 Å². The maximum absolute atomic E-state index is 12.6. The molecule has 0 amide bonds. The van der Waals surface area contributed by atoms with Crippen LogP contribution in [-0.4, -0.2) is 15.2 Å². The maximum Gasteiger partial charge on any atom is 0.277 e. The van der Waals surface area contributed by atoms with Crippen LogP contribution >= 0.6 is 34.5 Å². The first-order valence-corrected chi connectivity index (χ1v) is 10.2. The molecule has 0 spiro atoms. The third-order valence-corrected chi connectivity index (χ3v) is 4.85. The van der Waals surface area contributed by atoms with Gasteiger partial charge in [-0.05, 0) is 42.5 Å². The number of hydrogen-bond donors (Lipinski definition) is 3. The average Bonchev–Trinajstić information content (AvgIpc) is 3.23. The van der Waals surface area contributed by atoms with Crippen molar-refractivity contribution in [1.29, 1.82) is 0 Å². The molecule has 0 saturated carbocycles. The van der Waals surface area contributed by atoms with E-state index in [1.54, 1.807) is 36.4 Å². The Morgan fingerprint density at radius 3 is 2.27 bits per heavy atom. The van der Waals surface area contributed by atoms with E-state index in [4.69, 9.17) is 23.2 Å². The Morgan fingerprint density at radius 1 is 0.933 bits per heavy atom. The largest absolute Gasteiger partial charge is 0.352 e. The average molecular weight is 458 g/mol. The lowest BCUT2D eigenvalue weighted by Crippen LogP contribution is -2.10. The molecule has 0 aliphatic rings. The molecule has 0 radical (unpaired) electrons. The van der Waals surface area contributed by atoms with Gasteiger partial charge in [-0.3, -0.25) is 4.79 Å². The van der Waals surface area contributed by atoms with Crippen molar-refractivity contribution >= 4 is 68.2 Å². The molecule has 0 unspecified atom stereocenters. The van der Waals surface area contributed by atoms with Crippen LogP contribution in [0.5, 0.6) is 0 Å². The van der Waals surface area contributed by atoms with Crippen molar-refractivity contribution in [1.82, 2.24) is 15.2 Å². The third-order valence-electron chi connectivity index (χ3n) is 3.81. The summed E-state index contributed by atoms with van der Waals surface area (Å²) in [5.41, 5.74) is 3.20. The van der Waals surface area contributed by atoms with E-state index in [0.29, 0.717) is 32.4 Å². The first-order chi connectivity index (χ1) is 14.6. The van der Waals surface area contributed by atoms with Crippen molar-refractivity contribution in [3.63, 3.8) is 0 Å². The summed E-state index contributed by atoms with van der Waals surface area (Å²) in [7, 11) is 0. The zero-order valence-corrected chi connectivity index (χ0v) is 17.5. The SMILES string of the molecule is O=c1[nH]c(Nc2cccc(Cl)c2)c(Nc2cccc(Cl)c2)cc1N=Nc1nncs1. The van der Waals surface area contributed by atoms with Crippen molar-refractivity contribution in [2.75, 3.05) is 10.6 Å². The monoisotopic (exact) mass is 457 g/mol. The zero-order valence-electron chi connectivity index (χ0n) is 15.1. The molecule has 30 heavy (non-hydrogen) atoms. The van der Waals surface area contributed by atoms with Gasteiger partial charge in [0, 0.05) is 21.4 Å². The smallest absolute Gasteiger partial charge is 0.277 e. The molecule has 2 aromatic heterocycles. The lowest BCUT2D eigenvalue weighted by molar-refractivity contribution is 1.05. The fraction of sp³-hybridized carbons (Fsp3) is 0. The first-order valence-electron chi connectivity index (χ1n) is 8.57. The summed E-state index contributed by atoms with van der Waals surface area (Å²) >= 11 is 13.4. The van der Waals surface area contributed by atoms with Crippen LogP contribution in [0.15, 0.2) is 75.1 Å². The molecule has 11 heteroatoms. The molecule has 0 fully saturated rings. The zero-order chi connectivity index (χ0) is 20.9. The van der Waals surface area contributed by atoms with Crippen LogP contribution in [0.2, 0.25) is 10.0 Å². The van der Waals surface area contributed by atoms with Crippen molar-refractivity contribution in [3.05, 3.63) is 80.5 Å². The highest BCUT2D eigenvalue weighted by Gasteiger charge is 2.11. The minimum atomic E-state index is -0.426. The quantitative estimate of drug-likeness (QED) is 0.289. The second-order valence-electron chi connectivity index (χ2n) is 5.96. The molecule has 150 valence electrons. The minimum Gasteiger partial charge on any atom is -0.352 e. The van der Waals surface area contributed by atoms with Crippen molar-refractivity contribution in [2.24, 2.45) is 10.2 Å². The molecule has 4 aromatic rings. The Hall–Kier alpha value is -3.27. The Morgan fingerprint density at radius 2 is 1.63 bits per heavy atom. The van der Waals surface area contributed by atoms with Gasteiger partial charge >= 0.3 is 0 Å². The molecule has 0 aliphatic carbocycles. The highest BCUT2D eigenvalue weighted by Crippen LogP contribution is 2.30. The topological polar surface area (TPSA) is 107 Å². The Balaban J connectivity index is 1.73. The summed E-state index contributed by atoms with van der Waals surface area (Å²) in [6.07, 6.45) is 0. The van der Waals surface area contributed by atoms with Gasteiger partial charge in [-0.2, -0.15) is 0 Å². The van der Waals surface area contributed by atoms with Crippen LogP contribution in [0, 0.1) is 0 Å². The number of benzene rings is 2. The number of aromatic nitrogens is 3. The minimum absolute atomic E-state index is 0.103. The number of H-pyrrole nitrogens is 1. The lowest BCUT2D eigenvalue weighted by Gasteiger charge is -2.14. The van der Waals surface area contributed by atoms with Gasteiger partial charge in [0.1, 0.15) is 11.3 Å². The van der Waals surface area contributed by atoms with E-state index in [1.807, 2.05) is 18.2 Å².